The topological polar surface area (TPSA) is 50.2 Å². The molecule has 2 heterocycles. The Kier molecular flexibility index (Phi) is 6.65. The van der Waals surface area contributed by atoms with Crippen molar-refractivity contribution in [3.05, 3.63) is 59.7 Å². The Bertz CT molecular complexity index is 1090. The third kappa shape index (κ3) is 5.07. The van der Waals surface area contributed by atoms with Crippen LogP contribution in [0, 0.1) is 12.8 Å². The second-order valence-corrected chi connectivity index (χ2v) is 9.93. The maximum Gasteiger partial charge on any atom is 0.223 e. The molecular formula is C28H36N4O. The summed E-state index contributed by atoms with van der Waals surface area (Å²) in [6.07, 6.45) is 9.21. The quantitative estimate of drug-likeness (QED) is 0.533. The van der Waals surface area contributed by atoms with Gasteiger partial charge >= 0.3 is 0 Å². The monoisotopic (exact) mass is 444 g/mol. The lowest BCUT2D eigenvalue weighted by Crippen LogP contribution is -2.44. The fraction of sp³-hybridized carbons (Fsp3) is 0.500. The third-order valence-corrected chi connectivity index (χ3v) is 7.41. The van der Waals surface area contributed by atoms with Gasteiger partial charge in [-0.25, -0.2) is 4.98 Å². The number of para-hydroxylation sites is 2. The molecule has 0 bridgehead atoms. The average molecular weight is 445 g/mol. The lowest BCUT2D eigenvalue weighted by Gasteiger charge is -2.33. The normalized spacial score (nSPS) is 18.4. The number of carbonyl (C=O) groups excluding carboxylic acids is 1. The molecule has 0 spiro atoms. The van der Waals surface area contributed by atoms with E-state index in [2.05, 4.69) is 70.2 Å². The molecule has 2 aliphatic rings. The van der Waals surface area contributed by atoms with E-state index in [1.54, 1.807) is 0 Å². The largest absolute Gasteiger partial charge is 0.353 e. The van der Waals surface area contributed by atoms with Gasteiger partial charge in [0.1, 0.15) is 0 Å². The molecule has 1 aliphatic heterocycles. The molecule has 1 amide bonds. The molecule has 174 valence electrons. The van der Waals surface area contributed by atoms with Crippen molar-refractivity contribution in [2.45, 2.75) is 70.9 Å². The van der Waals surface area contributed by atoms with Crippen LogP contribution in [0.1, 0.15) is 62.5 Å². The number of anilines is 1. The van der Waals surface area contributed by atoms with Crippen molar-refractivity contribution in [2.75, 3.05) is 18.0 Å². The van der Waals surface area contributed by atoms with E-state index in [-0.39, 0.29) is 11.8 Å². The van der Waals surface area contributed by atoms with Crippen molar-refractivity contribution in [1.82, 2.24) is 14.9 Å². The second-order valence-electron chi connectivity index (χ2n) is 9.93. The highest BCUT2D eigenvalue weighted by molar-refractivity contribution is 5.80. The summed E-state index contributed by atoms with van der Waals surface area (Å²) in [7, 11) is 0. The fourth-order valence-corrected chi connectivity index (χ4v) is 5.54. The zero-order chi connectivity index (χ0) is 22.6. The molecule has 3 aromatic rings. The summed E-state index contributed by atoms with van der Waals surface area (Å²) in [6.45, 7) is 4.70. The van der Waals surface area contributed by atoms with E-state index in [0.29, 0.717) is 6.04 Å². The smallest absolute Gasteiger partial charge is 0.223 e. The summed E-state index contributed by atoms with van der Waals surface area (Å²) in [5.74, 6) is 1.43. The summed E-state index contributed by atoms with van der Waals surface area (Å²) in [6, 6.07) is 17.5. The van der Waals surface area contributed by atoms with Crippen LogP contribution in [-0.2, 0) is 11.3 Å². The first-order valence-corrected chi connectivity index (χ1v) is 12.7. The Morgan fingerprint density at radius 2 is 1.73 bits per heavy atom. The molecule has 1 saturated heterocycles. The van der Waals surface area contributed by atoms with Crippen LogP contribution in [0.15, 0.2) is 48.5 Å². The van der Waals surface area contributed by atoms with Crippen LogP contribution in [0.3, 0.4) is 0 Å². The van der Waals surface area contributed by atoms with E-state index < -0.39 is 0 Å². The molecule has 2 aromatic carbocycles. The number of amides is 1. The van der Waals surface area contributed by atoms with E-state index in [1.807, 2.05) is 0 Å². The van der Waals surface area contributed by atoms with Gasteiger partial charge in [-0.15, -0.1) is 0 Å². The summed E-state index contributed by atoms with van der Waals surface area (Å²) < 4.78 is 2.34. The first-order valence-electron chi connectivity index (χ1n) is 12.7. The Balaban J connectivity index is 1.29. The lowest BCUT2D eigenvalue weighted by atomic mass is 9.95. The second kappa shape index (κ2) is 9.98. The van der Waals surface area contributed by atoms with Crippen molar-refractivity contribution >= 4 is 22.9 Å². The maximum atomic E-state index is 13.0. The zero-order valence-corrected chi connectivity index (χ0v) is 19.8. The Labute approximate surface area is 197 Å². The molecule has 1 N–H and O–H groups in total. The van der Waals surface area contributed by atoms with Crippen LogP contribution in [0.4, 0.5) is 5.95 Å². The molecule has 0 unspecified atom stereocenters. The number of hydrogen-bond acceptors (Lipinski definition) is 3. The van der Waals surface area contributed by atoms with Crippen LogP contribution in [0.25, 0.3) is 11.0 Å². The number of rotatable bonds is 5. The zero-order valence-electron chi connectivity index (χ0n) is 19.8. The minimum absolute atomic E-state index is 0.124. The first-order chi connectivity index (χ1) is 16.2. The summed E-state index contributed by atoms with van der Waals surface area (Å²) >= 11 is 0. The molecule has 0 radical (unpaired) electrons. The van der Waals surface area contributed by atoms with Gasteiger partial charge in [-0.2, -0.15) is 0 Å². The summed E-state index contributed by atoms with van der Waals surface area (Å²) in [5.41, 5.74) is 4.77. The highest BCUT2D eigenvalue weighted by Crippen LogP contribution is 2.28. The van der Waals surface area contributed by atoms with Crippen LogP contribution in [0.5, 0.6) is 0 Å². The predicted molar refractivity (Wildman–Crippen MR) is 135 cm³/mol. The van der Waals surface area contributed by atoms with Crippen LogP contribution in [0.2, 0.25) is 0 Å². The van der Waals surface area contributed by atoms with Gasteiger partial charge in [0.15, 0.2) is 0 Å². The number of nitrogens with one attached hydrogen (secondary N) is 1. The number of piperidine rings is 1. The fourth-order valence-electron chi connectivity index (χ4n) is 5.54. The maximum absolute atomic E-state index is 13.0. The van der Waals surface area contributed by atoms with E-state index in [1.165, 1.54) is 42.3 Å². The Hall–Kier alpha value is -2.82. The molecule has 5 heteroatoms. The van der Waals surface area contributed by atoms with E-state index >= 15 is 0 Å². The number of aromatic nitrogens is 2. The molecular weight excluding hydrogens is 408 g/mol. The predicted octanol–water partition coefficient (Wildman–Crippen LogP) is 5.45. The number of fused-ring (bicyclic) bond motifs is 1. The third-order valence-electron chi connectivity index (χ3n) is 7.41. The Morgan fingerprint density at radius 1 is 0.970 bits per heavy atom. The van der Waals surface area contributed by atoms with Gasteiger partial charge in [-0.3, -0.25) is 4.79 Å². The standard InChI is InChI=1S/C28H36N4O/c1-21-9-8-10-22(19-21)20-32-26-14-7-6-13-25(26)30-28(32)31-17-15-23(16-18-31)27(33)29-24-11-4-2-3-5-12-24/h6-10,13-14,19,23-24H,2-5,11-12,15-18,20H2,1H3,(H,29,33). The molecule has 0 atom stereocenters. The van der Waals surface area contributed by atoms with Crippen molar-refractivity contribution in [2.24, 2.45) is 5.92 Å². The molecule has 33 heavy (non-hydrogen) atoms. The number of benzene rings is 2. The van der Waals surface area contributed by atoms with Gasteiger partial charge in [0, 0.05) is 25.0 Å². The van der Waals surface area contributed by atoms with Crippen molar-refractivity contribution < 1.29 is 4.79 Å². The van der Waals surface area contributed by atoms with Crippen LogP contribution < -0.4 is 10.2 Å². The molecule has 5 nitrogen and oxygen atoms in total. The number of nitrogens with zero attached hydrogens (tertiary/aromatic N) is 3. The lowest BCUT2D eigenvalue weighted by molar-refractivity contribution is -0.126. The van der Waals surface area contributed by atoms with Gasteiger partial charge in [0.25, 0.3) is 0 Å². The number of hydrogen-bond donors (Lipinski definition) is 1. The first kappa shape index (κ1) is 22.0. The highest BCUT2D eigenvalue weighted by Gasteiger charge is 2.29. The molecule has 1 aromatic heterocycles. The molecule has 2 fully saturated rings. The average Bonchev–Trinajstić information content (AvgIpc) is 2.99. The molecule has 1 aliphatic carbocycles. The van der Waals surface area contributed by atoms with Crippen LogP contribution >= 0.6 is 0 Å². The molecule has 1 saturated carbocycles. The van der Waals surface area contributed by atoms with Gasteiger partial charge in [-0.05, 0) is 50.3 Å². The number of imidazole rings is 1. The SMILES string of the molecule is Cc1cccc(Cn2c(N3CCC(C(=O)NC4CCCCCC4)CC3)nc3ccccc32)c1. The Morgan fingerprint density at radius 3 is 2.48 bits per heavy atom. The molecule has 5 rings (SSSR count). The summed E-state index contributed by atoms with van der Waals surface area (Å²) in [5, 5.41) is 3.38. The van der Waals surface area contributed by atoms with Gasteiger partial charge in [0.05, 0.1) is 17.6 Å². The number of carbonyl (C=O) groups is 1. The van der Waals surface area contributed by atoms with E-state index in [9.17, 15) is 4.79 Å². The summed E-state index contributed by atoms with van der Waals surface area (Å²) in [4.78, 5) is 20.3. The minimum Gasteiger partial charge on any atom is -0.353 e. The van der Waals surface area contributed by atoms with Gasteiger partial charge in [-0.1, -0.05) is 67.6 Å². The highest BCUT2D eigenvalue weighted by atomic mass is 16.1. The van der Waals surface area contributed by atoms with Crippen molar-refractivity contribution in [1.29, 1.82) is 0 Å². The van der Waals surface area contributed by atoms with Crippen molar-refractivity contribution in [3.63, 3.8) is 0 Å². The number of aryl methyl sites for hydroxylation is 1. The van der Waals surface area contributed by atoms with Gasteiger partial charge in [0.2, 0.25) is 11.9 Å². The van der Waals surface area contributed by atoms with E-state index in [4.69, 9.17) is 4.98 Å². The van der Waals surface area contributed by atoms with E-state index in [0.717, 1.165) is 56.8 Å². The van der Waals surface area contributed by atoms with Gasteiger partial charge < -0.3 is 14.8 Å². The minimum atomic E-state index is 0.124. The van der Waals surface area contributed by atoms with Crippen LogP contribution in [-0.4, -0.2) is 34.6 Å². The van der Waals surface area contributed by atoms with Crippen molar-refractivity contribution in [3.8, 4) is 0 Å².